The van der Waals surface area contributed by atoms with Gasteiger partial charge >= 0.3 is 172 Å². The Morgan fingerprint density at radius 3 is 2.04 bits per heavy atom. The van der Waals surface area contributed by atoms with Gasteiger partial charge in [0.25, 0.3) is 0 Å². The van der Waals surface area contributed by atoms with Crippen molar-refractivity contribution in [2.24, 2.45) is 0 Å². The van der Waals surface area contributed by atoms with E-state index in [1.165, 1.54) is 4.46 Å². The Morgan fingerprint density at radius 1 is 0.852 bits per heavy atom. The summed E-state index contributed by atoms with van der Waals surface area (Å²) in [4.78, 5) is 0.706. The van der Waals surface area contributed by atoms with E-state index in [1.54, 1.807) is 12.1 Å². The molecule has 0 aliphatic carbocycles. The first-order chi connectivity index (χ1) is 13.0. The molecule has 0 radical (unpaired) electrons. The van der Waals surface area contributed by atoms with Crippen LogP contribution in [0.25, 0.3) is 0 Å². The first-order valence-electron chi connectivity index (χ1n) is 10.0. The summed E-state index contributed by atoms with van der Waals surface area (Å²) < 4.78 is 28.4. The number of hydrogen-bond donors (Lipinski definition) is 0. The van der Waals surface area contributed by atoms with E-state index in [-0.39, 0.29) is 25.0 Å². The van der Waals surface area contributed by atoms with Gasteiger partial charge in [0.1, 0.15) is 0 Å². The third kappa shape index (κ3) is 6.48. The summed E-state index contributed by atoms with van der Waals surface area (Å²) in [6, 6.07) is 17.8. The molecule has 0 aliphatic heterocycles. The molecular weight excluding hydrogens is 419 g/mol. The minimum absolute atomic E-state index is 0.159. The van der Waals surface area contributed by atoms with Gasteiger partial charge in [0.05, 0.1) is 0 Å². The third-order valence-corrected chi connectivity index (χ3v) is 10.5. The molecule has 2 rings (SSSR count). The van der Waals surface area contributed by atoms with E-state index in [4.69, 9.17) is 0 Å². The Bertz CT molecular complexity index is 770. The maximum atomic E-state index is 13.6. The van der Waals surface area contributed by atoms with Crippen molar-refractivity contribution in [3.63, 3.8) is 0 Å². The number of rotatable bonds is 11. The molecule has 27 heavy (non-hydrogen) atoms. The molecule has 0 aromatic heterocycles. The van der Waals surface area contributed by atoms with Gasteiger partial charge in [0, 0.05) is 0 Å². The van der Waals surface area contributed by atoms with Crippen molar-refractivity contribution in [2.75, 3.05) is 0 Å². The molecule has 2 unspecified atom stereocenters. The zero-order valence-corrected chi connectivity index (χ0v) is 19.3. The van der Waals surface area contributed by atoms with Gasteiger partial charge in [-0.25, -0.2) is 0 Å². The number of aryl methyl sites for hydroxylation is 1. The first kappa shape index (κ1) is 22.2. The van der Waals surface area contributed by atoms with Crippen LogP contribution in [0, 0.1) is 6.92 Å². The van der Waals surface area contributed by atoms with Crippen LogP contribution in [0.3, 0.4) is 0 Å². The molecule has 2 aromatic rings. The van der Waals surface area contributed by atoms with Gasteiger partial charge in [-0.15, -0.1) is 0 Å². The van der Waals surface area contributed by atoms with Crippen LogP contribution in [0.1, 0.15) is 57.9 Å². The normalized spacial score (nSPS) is 14.0. The average molecular weight is 452 g/mol. The van der Waals surface area contributed by atoms with Crippen molar-refractivity contribution in [1.82, 2.24) is 0 Å². The molecule has 0 bridgehead atoms. The van der Waals surface area contributed by atoms with Crippen molar-refractivity contribution in [2.45, 2.75) is 74.3 Å². The summed E-state index contributed by atoms with van der Waals surface area (Å²) in [5, 5.41) is -0.285. The monoisotopic (exact) mass is 452 g/mol. The summed E-state index contributed by atoms with van der Waals surface area (Å²) in [5.41, 5.74) is 1.09. The van der Waals surface area contributed by atoms with Crippen LogP contribution in [-0.4, -0.2) is 28.6 Å². The Morgan fingerprint density at radius 2 is 1.44 bits per heavy atom. The van der Waals surface area contributed by atoms with E-state index in [0.717, 1.165) is 44.1 Å². The molecule has 0 heterocycles. The molecule has 0 saturated heterocycles. The van der Waals surface area contributed by atoms with Crippen molar-refractivity contribution < 1.29 is 8.42 Å². The molecule has 0 N–H and O–H groups in total. The van der Waals surface area contributed by atoms with E-state index < -0.39 is 9.84 Å². The molecule has 2 atom stereocenters. The third-order valence-electron chi connectivity index (χ3n) is 4.88. The number of hydrogen-bond acceptors (Lipinski definition) is 2. The molecule has 0 saturated carbocycles. The fraction of sp³-hybridized carbons (Fsp3) is 0.478. The summed E-state index contributed by atoms with van der Waals surface area (Å²) in [5.74, 6) is 0. The van der Waals surface area contributed by atoms with Crippen LogP contribution in [0.5, 0.6) is 0 Å². The van der Waals surface area contributed by atoms with Gasteiger partial charge in [-0.2, -0.15) is 0 Å². The van der Waals surface area contributed by atoms with Gasteiger partial charge in [0.15, 0.2) is 0 Å². The topological polar surface area (TPSA) is 34.1 Å². The molecule has 0 aliphatic rings. The van der Waals surface area contributed by atoms with E-state index in [2.05, 4.69) is 38.1 Å². The van der Waals surface area contributed by atoms with E-state index in [9.17, 15) is 8.42 Å². The number of benzene rings is 2. The predicted octanol–water partition coefficient (Wildman–Crippen LogP) is 5.34. The van der Waals surface area contributed by atoms with Crippen molar-refractivity contribution in [3.8, 4) is 0 Å². The quantitative estimate of drug-likeness (QED) is 0.433. The summed E-state index contributed by atoms with van der Waals surface area (Å²) in [6.07, 6.45) is 5.93. The summed E-state index contributed by atoms with van der Waals surface area (Å²) in [6.45, 7) is 6.31. The zero-order valence-electron chi connectivity index (χ0n) is 16.7. The van der Waals surface area contributed by atoms with Gasteiger partial charge in [0.2, 0.25) is 0 Å². The number of sulfone groups is 1. The van der Waals surface area contributed by atoms with Crippen LogP contribution >= 0.6 is 0 Å². The van der Waals surface area contributed by atoms with Crippen LogP contribution in [0.15, 0.2) is 59.5 Å². The molecular formula is C23H32O2SSe. The van der Waals surface area contributed by atoms with Gasteiger partial charge in [-0.1, -0.05) is 0 Å². The minimum atomic E-state index is -3.32. The zero-order chi connectivity index (χ0) is 19.7. The summed E-state index contributed by atoms with van der Waals surface area (Å²) in [7, 11) is -3.32. The molecule has 0 spiro atoms. The fourth-order valence-electron chi connectivity index (χ4n) is 3.25. The second kappa shape index (κ2) is 11.0. The average Bonchev–Trinajstić information content (AvgIpc) is 2.67. The van der Waals surface area contributed by atoms with Gasteiger partial charge in [-0.05, 0) is 0 Å². The molecule has 4 heteroatoms. The standard InChI is InChI=1S/C23H32O2SSe/c1-4-6-13-22(26(24,25)20-17-15-19(3)16-18-20)23(14-7-5-2)27-21-11-9-8-10-12-21/h8-12,15-18,22-23H,4-7,13-14H2,1-3H3. The maximum absolute atomic E-state index is 13.6. The van der Waals surface area contributed by atoms with Crippen LogP contribution in [-0.2, 0) is 9.84 Å². The van der Waals surface area contributed by atoms with Crippen LogP contribution < -0.4 is 4.46 Å². The fourth-order valence-corrected chi connectivity index (χ4v) is 8.93. The van der Waals surface area contributed by atoms with Crippen molar-refractivity contribution >= 4 is 29.3 Å². The van der Waals surface area contributed by atoms with Crippen LogP contribution in [0.2, 0.25) is 4.82 Å². The van der Waals surface area contributed by atoms with Crippen LogP contribution in [0.4, 0.5) is 0 Å². The summed E-state index contributed by atoms with van der Waals surface area (Å²) >= 11 is 0.159. The molecule has 2 nitrogen and oxygen atoms in total. The SMILES string of the molecule is CCCCC([Se]c1ccccc1)C(CCCC)S(=O)(=O)c1ccc(C)cc1. The Kier molecular flexibility index (Phi) is 9.08. The number of unbranched alkanes of at least 4 members (excludes halogenated alkanes) is 2. The Labute approximate surface area is 171 Å². The van der Waals surface area contributed by atoms with E-state index in [1.807, 2.05) is 25.1 Å². The van der Waals surface area contributed by atoms with Crippen molar-refractivity contribution in [3.05, 3.63) is 60.2 Å². The van der Waals surface area contributed by atoms with E-state index >= 15 is 0 Å². The molecule has 0 fully saturated rings. The van der Waals surface area contributed by atoms with Gasteiger partial charge < -0.3 is 0 Å². The van der Waals surface area contributed by atoms with Crippen molar-refractivity contribution in [1.29, 1.82) is 0 Å². The predicted molar refractivity (Wildman–Crippen MR) is 117 cm³/mol. The molecule has 148 valence electrons. The Balaban J connectivity index is 2.37. The van der Waals surface area contributed by atoms with E-state index in [0.29, 0.717) is 4.90 Å². The second-order valence-corrected chi connectivity index (χ2v) is 12.1. The van der Waals surface area contributed by atoms with Gasteiger partial charge in [-0.3, -0.25) is 0 Å². The molecule has 2 aromatic carbocycles. The first-order valence-corrected chi connectivity index (χ1v) is 13.4. The molecule has 0 amide bonds. The Hall–Kier alpha value is -1.09. The second-order valence-electron chi connectivity index (χ2n) is 7.15.